The number of benzene rings is 1. The van der Waals surface area contributed by atoms with E-state index >= 15 is 0 Å². The highest BCUT2D eigenvalue weighted by atomic mass is 32.2. The minimum Gasteiger partial charge on any atom is -0.369 e. The van der Waals surface area contributed by atoms with Gasteiger partial charge in [0.05, 0.1) is 23.9 Å². The van der Waals surface area contributed by atoms with Gasteiger partial charge in [-0.15, -0.1) is 11.3 Å². The molecule has 138 valence electrons. The molecule has 0 saturated heterocycles. The molecule has 1 atom stereocenters. The number of hydrogen-bond donors (Lipinski definition) is 1. The lowest BCUT2D eigenvalue weighted by Crippen LogP contribution is -2.34. The van der Waals surface area contributed by atoms with Crippen molar-refractivity contribution in [2.75, 3.05) is 12.8 Å². The molecular weight excluding hydrogens is 366 g/mol. The molecule has 0 bridgehead atoms. The van der Waals surface area contributed by atoms with Crippen molar-refractivity contribution in [3.05, 3.63) is 46.0 Å². The molecule has 1 aliphatic rings. The Morgan fingerprint density at radius 3 is 2.92 bits per heavy atom. The highest BCUT2D eigenvalue weighted by Crippen LogP contribution is 2.34. The predicted octanol–water partition coefficient (Wildman–Crippen LogP) is 3.11. The predicted molar refractivity (Wildman–Crippen MR) is 105 cm³/mol. The fraction of sp³-hybridized carbons (Fsp3) is 0.421. The molecule has 1 aromatic heterocycles. The monoisotopic (exact) mass is 389 g/mol. The molecule has 3 rings (SSSR count). The Hall–Kier alpha value is -1.86. The fourth-order valence-electron chi connectivity index (χ4n) is 3.32. The Morgan fingerprint density at radius 2 is 2.15 bits per heavy atom. The average Bonchev–Trinajstić information content (AvgIpc) is 2.97. The molecule has 0 radical (unpaired) electrons. The van der Waals surface area contributed by atoms with Crippen LogP contribution < -0.4 is 5.73 Å². The zero-order valence-corrected chi connectivity index (χ0v) is 16.7. The van der Waals surface area contributed by atoms with Crippen LogP contribution in [0.4, 0.5) is 0 Å². The molecule has 0 spiro atoms. The Balaban J connectivity index is 1.63. The van der Waals surface area contributed by atoms with Crippen molar-refractivity contribution in [3.63, 3.8) is 0 Å². The van der Waals surface area contributed by atoms with Gasteiger partial charge in [0.15, 0.2) is 4.34 Å². The van der Waals surface area contributed by atoms with Crippen molar-refractivity contribution in [1.82, 2.24) is 9.88 Å². The first-order valence-corrected chi connectivity index (χ1v) is 10.5. The number of thioether (sulfide) groups is 1. The lowest BCUT2D eigenvalue weighted by molar-refractivity contribution is -0.129. The van der Waals surface area contributed by atoms with Gasteiger partial charge in [-0.25, -0.2) is 4.98 Å². The Kier molecular flexibility index (Phi) is 5.98. The molecule has 1 heterocycles. The summed E-state index contributed by atoms with van der Waals surface area (Å²) in [6, 6.07) is 8.55. The molecule has 2 amide bonds. The van der Waals surface area contributed by atoms with Gasteiger partial charge in [0.2, 0.25) is 11.8 Å². The molecule has 0 aliphatic heterocycles. The van der Waals surface area contributed by atoms with Gasteiger partial charge in [0.25, 0.3) is 0 Å². The van der Waals surface area contributed by atoms with E-state index in [0.29, 0.717) is 5.75 Å². The molecular formula is C19H23N3O2S2. The summed E-state index contributed by atoms with van der Waals surface area (Å²) in [5.74, 6) is 0.0825. The third kappa shape index (κ3) is 4.27. The van der Waals surface area contributed by atoms with E-state index in [2.05, 4.69) is 23.2 Å². The van der Waals surface area contributed by atoms with Gasteiger partial charge in [-0.2, -0.15) is 0 Å². The number of nitrogens with two attached hydrogens (primary N) is 1. The quantitative estimate of drug-likeness (QED) is 0.770. The van der Waals surface area contributed by atoms with Gasteiger partial charge in [0.1, 0.15) is 0 Å². The summed E-state index contributed by atoms with van der Waals surface area (Å²) in [4.78, 5) is 31.0. The van der Waals surface area contributed by atoms with Crippen LogP contribution in [0.5, 0.6) is 0 Å². The summed E-state index contributed by atoms with van der Waals surface area (Å²) < 4.78 is 0.810. The van der Waals surface area contributed by atoms with Crippen molar-refractivity contribution in [1.29, 1.82) is 0 Å². The number of carbonyl (C=O) groups is 2. The summed E-state index contributed by atoms with van der Waals surface area (Å²) >= 11 is 2.87. The molecule has 1 aromatic carbocycles. The van der Waals surface area contributed by atoms with E-state index < -0.39 is 0 Å². The molecule has 0 unspecified atom stereocenters. The largest absolute Gasteiger partial charge is 0.369 e. The van der Waals surface area contributed by atoms with Crippen molar-refractivity contribution in [3.8, 4) is 0 Å². The third-order valence-electron chi connectivity index (χ3n) is 4.73. The van der Waals surface area contributed by atoms with Crippen LogP contribution in [-0.4, -0.2) is 34.5 Å². The SMILES string of the molecule is Cc1nc(SCC(=O)N(C)[C@@H]2CCCc3ccccc32)sc1CC(N)=O. The summed E-state index contributed by atoms with van der Waals surface area (Å²) in [6.07, 6.45) is 3.40. The molecule has 5 nitrogen and oxygen atoms in total. The summed E-state index contributed by atoms with van der Waals surface area (Å²) in [5.41, 5.74) is 8.70. The van der Waals surface area contributed by atoms with Gasteiger partial charge < -0.3 is 10.6 Å². The van der Waals surface area contributed by atoms with Crippen LogP contribution >= 0.6 is 23.1 Å². The standard InChI is InChI=1S/C19H23N3O2S2/c1-12-16(10-17(20)23)26-19(21-12)25-11-18(24)22(2)15-9-5-7-13-6-3-4-8-14(13)15/h3-4,6,8,15H,5,7,9-11H2,1-2H3,(H2,20,23)/t15-/m1/s1. The number of hydrogen-bond acceptors (Lipinski definition) is 5. The smallest absolute Gasteiger partial charge is 0.233 e. The first-order valence-electron chi connectivity index (χ1n) is 8.66. The highest BCUT2D eigenvalue weighted by molar-refractivity contribution is 8.01. The van der Waals surface area contributed by atoms with Crippen LogP contribution in [-0.2, 0) is 22.4 Å². The van der Waals surface area contributed by atoms with Gasteiger partial charge in [-0.3, -0.25) is 9.59 Å². The maximum Gasteiger partial charge on any atom is 0.233 e. The summed E-state index contributed by atoms with van der Waals surface area (Å²) in [6.45, 7) is 1.87. The lowest BCUT2D eigenvalue weighted by Gasteiger charge is -2.33. The lowest BCUT2D eigenvalue weighted by atomic mass is 9.87. The van der Waals surface area contributed by atoms with Crippen molar-refractivity contribution >= 4 is 34.9 Å². The van der Waals surface area contributed by atoms with Crippen LogP contribution in [0.3, 0.4) is 0 Å². The zero-order chi connectivity index (χ0) is 18.7. The third-order valence-corrected chi connectivity index (χ3v) is 7.01. The van der Waals surface area contributed by atoms with E-state index in [1.54, 1.807) is 0 Å². The number of nitrogens with zero attached hydrogens (tertiary/aromatic N) is 2. The summed E-state index contributed by atoms with van der Waals surface area (Å²) in [7, 11) is 1.89. The normalized spacial score (nSPS) is 16.2. The van der Waals surface area contributed by atoms with Gasteiger partial charge in [-0.05, 0) is 37.3 Å². The van der Waals surface area contributed by atoms with Crippen molar-refractivity contribution < 1.29 is 9.59 Å². The fourth-order valence-corrected chi connectivity index (χ4v) is 5.48. The number of amides is 2. The second-order valence-corrected chi connectivity index (χ2v) is 8.84. The minimum absolute atomic E-state index is 0.0982. The van der Waals surface area contributed by atoms with Gasteiger partial charge >= 0.3 is 0 Å². The van der Waals surface area contributed by atoms with E-state index in [4.69, 9.17) is 5.73 Å². The maximum absolute atomic E-state index is 12.7. The Labute approximate surface area is 162 Å². The number of thiazole rings is 1. The van der Waals surface area contributed by atoms with Crippen molar-refractivity contribution in [2.45, 2.75) is 43.0 Å². The molecule has 0 fully saturated rings. The molecule has 2 aromatic rings. The zero-order valence-electron chi connectivity index (χ0n) is 15.0. The van der Waals surface area contributed by atoms with E-state index in [0.717, 1.165) is 34.2 Å². The summed E-state index contributed by atoms with van der Waals surface area (Å²) in [5, 5.41) is 0. The molecule has 26 heavy (non-hydrogen) atoms. The van der Waals surface area contributed by atoms with Crippen LogP contribution in [0.1, 0.15) is 40.6 Å². The number of fused-ring (bicyclic) bond motifs is 1. The second kappa shape index (κ2) is 8.22. The molecule has 0 saturated carbocycles. The van der Waals surface area contributed by atoms with E-state index in [9.17, 15) is 9.59 Å². The van der Waals surface area contributed by atoms with E-state index in [1.165, 1.54) is 34.2 Å². The molecule has 7 heteroatoms. The number of carbonyl (C=O) groups excluding carboxylic acids is 2. The number of aryl methyl sites for hydroxylation is 2. The van der Waals surface area contributed by atoms with Crippen LogP contribution in [0, 0.1) is 6.92 Å². The first-order chi connectivity index (χ1) is 12.5. The Morgan fingerprint density at radius 1 is 1.38 bits per heavy atom. The topological polar surface area (TPSA) is 76.3 Å². The van der Waals surface area contributed by atoms with Gasteiger partial charge in [0, 0.05) is 11.9 Å². The highest BCUT2D eigenvalue weighted by Gasteiger charge is 2.26. The average molecular weight is 390 g/mol. The van der Waals surface area contributed by atoms with E-state index in [1.807, 2.05) is 24.9 Å². The van der Waals surface area contributed by atoms with Crippen molar-refractivity contribution in [2.24, 2.45) is 5.73 Å². The first kappa shape index (κ1) is 18.9. The molecule has 1 aliphatic carbocycles. The second-order valence-electron chi connectivity index (χ2n) is 6.53. The van der Waals surface area contributed by atoms with Crippen LogP contribution in [0.15, 0.2) is 28.6 Å². The van der Waals surface area contributed by atoms with Gasteiger partial charge in [-0.1, -0.05) is 36.0 Å². The maximum atomic E-state index is 12.7. The van der Waals surface area contributed by atoms with E-state index in [-0.39, 0.29) is 24.3 Å². The molecule has 2 N–H and O–H groups in total. The number of rotatable bonds is 6. The Bertz CT molecular complexity index is 819. The van der Waals surface area contributed by atoms with Crippen LogP contribution in [0.25, 0.3) is 0 Å². The van der Waals surface area contributed by atoms with Crippen LogP contribution in [0.2, 0.25) is 0 Å². The number of aromatic nitrogens is 1. The number of primary amides is 1. The minimum atomic E-state index is -0.361.